The van der Waals surface area contributed by atoms with Crippen LogP contribution in [0.1, 0.15) is 18.4 Å². The van der Waals surface area contributed by atoms with E-state index in [9.17, 15) is 0 Å². The molecule has 1 fully saturated rings. The number of halogens is 1. The molecule has 1 aromatic rings. The molecule has 0 spiro atoms. The van der Waals surface area contributed by atoms with Gasteiger partial charge in [0.05, 0.1) is 17.5 Å². The SMILES string of the molecule is COc1ccc(C2(C(=N)NO)CC2)cc1Cl. The number of hydrogen-bond acceptors (Lipinski definition) is 3. The minimum Gasteiger partial charge on any atom is -0.495 e. The van der Waals surface area contributed by atoms with Crippen molar-refractivity contribution in [3.8, 4) is 5.75 Å². The molecule has 2 rings (SSSR count). The van der Waals surface area contributed by atoms with Crippen LogP contribution >= 0.6 is 11.6 Å². The van der Waals surface area contributed by atoms with E-state index in [1.54, 1.807) is 19.2 Å². The Labute approximate surface area is 98.7 Å². The van der Waals surface area contributed by atoms with Gasteiger partial charge in [-0.15, -0.1) is 0 Å². The average Bonchev–Trinajstić information content (AvgIpc) is 3.09. The summed E-state index contributed by atoms with van der Waals surface area (Å²) in [5.41, 5.74) is 2.47. The van der Waals surface area contributed by atoms with Gasteiger partial charge in [-0.3, -0.25) is 16.1 Å². The van der Waals surface area contributed by atoms with Gasteiger partial charge < -0.3 is 4.74 Å². The summed E-state index contributed by atoms with van der Waals surface area (Å²) in [6, 6.07) is 5.45. The lowest BCUT2D eigenvalue weighted by molar-refractivity contribution is 0.228. The maximum Gasteiger partial charge on any atom is 0.137 e. The molecule has 0 radical (unpaired) electrons. The molecule has 1 aliphatic carbocycles. The highest BCUT2D eigenvalue weighted by molar-refractivity contribution is 6.32. The molecule has 1 aliphatic rings. The first-order chi connectivity index (χ1) is 7.64. The fourth-order valence-electron chi connectivity index (χ4n) is 1.88. The molecule has 0 saturated heterocycles. The van der Waals surface area contributed by atoms with Crippen molar-refractivity contribution in [2.75, 3.05) is 7.11 Å². The molecule has 0 heterocycles. The summed E-state index contributed by atoms with van der Waals surface area (Å²) in [5.74, 6) is 0.735. The van der Waals surface area contributed by atoms with Gasteiger partial charge in [0, 0.05) is 0 Å². The first kappa shape index (κ1) is 11.2. The number of amidine groups is 1. The second-order valence-corrected chi connectivity index (χ2v) is 4.33. The summed E-state index contributed by atoms with van der Waals surface area (Å²) in [5, 5.41) is 17.0. The van der Waals surface area contributed by atoms with E-state index in [4.69, 9.17) is 27.0 Å². The minimum absolute atomic E-state index is 0.119. The third-order valence-electron chi connectivity index (χ3n) is 3.04. The van der Waals surface area contributed by atoms with Crippen LogP contribution in [0.5, 0.6) is 5.75 Å². The lowest BCUT2D eigenvalue weighted by Gasteiger charge is -2.16. The third-order valence-corrected chi connectivity index (χ3v) is 3.34. The van der Waals surface area contributed by atoms with E-state index in [0.29, 0.717) is 10.8 Å². The summed E-state index contributed by atoms with van der Waals surface area (Å²) in [7, 11) is 1.56. The number of benzene rings is 1. The van der Waals surface area contributed by atoms with Gasteiger partial charge in [0.2, 0.25) is 0 Å². The van der Waals surface area contributed by atoms with Gasteiger partial charge in [0.1, 0.15) is 11.6 Å². The van der Waals surface area contributed by atoms with E-state index >= 15 is 0 Å². The molecular formula is C11H13ClN2O2. The molecular weight excluding hydrogens is 228 g/mol. The van der Waals surface area contributed by atoms with E-state index in [-0.39, 0.29) is 11.3 Å². The second kappa shape index (κ2) is 3.96. The van der Waals surface area contributed by atoms with Crippen LogP contribution in [0.25, 0.3) is 0 Å². The number of rotatable bonds is 3. The Morgan fingerprint density at radius 3 is 2.69 bits per heavy atom. The molecule has 0 unspecified atom stereocenters. The first-order valence-corrected chi connectivity index (χ1v) is 5.35. The van der Waals surface area contributed by atoms with E-state index in [0.717, 1.165) is 18.4 Å². The predicted molar refractivity (Wildman–Crippen MR) is 61.6 cm³/mol. The zero-order valence-corrected chi connectivity index (χ0v) is 9.64. The van der Waals surface area contributed by atoms with Crippen LogP contribution in [-0.2, 0) is 5.41 Å². The summed E-state index contributed by atoms with van der Waals surface area (Å²) in [6.07, 6.45) is 1.70. The number of nitrogens with one attached hydrogen (secondary N) is 2. The van der Waals surface area contributed by atoms with E-state index in [2.05, 4.69) is 0 Å². The van der Waals surface area contributed by atoms with Gasteiger partial charge in [0.15, 0.2) is 0 Å². The van der Waals surface area contributed by atoms with E-state index in [1.165, 1.54) is 0 Å². The standard InChI is InChI=1S/C11H13ClN2O2/c1-16-9-3-2-7(6-8(9)12)11(4-5-11)10(13)14-15/h2-3,6,15H,4-5H2,1H3,(H2,13,14). The molecule has 0 atom stereocenters. The topological polar surface area (TPSA) is 65.3 Å². The molecule has 16 heavy (non-hydrogen) atoms. The molecule has 0 aromatic heterocycles. The molecule has 3 N–H and O–H groups in total. The Bertz CT molecular complexity index is 430. The maximum absolute atomic E-state index is 8.81. The Hall–Kier alpha value is -1.26. The number of hydroxylamine groups is 1. The van der Waals surface area contributed by atoms with Gasteiger partial charge in [-0.2, -0.15) is 0 Å². The Balaban J connectivity index is 2.35. The van der Waals surface area contributed by atoms with Crippen molar-refractivity contribution in [2.45, 2.75) is 18.3 Å². The van der Waals surface area contributed by atoms with Crippen LogP contribution < -0.4 is 10.2 Å². The second-order valence-electron chi connectivity index (χ2n) is 3.92. The van der Waals surface area contributed by atoms with Crippen molar-refractivity contribution in [2.24, 2.45) is 0 Å². The monoisotopic (exact) mass is 240 g/mol. The summed E-state index contributed by atoms with van der Waals surface area (Å²) in [6.45, 7) is 0. The van der Waals surface area contributed by atoms with Crippen LogP contribution in [0.2, 0.25) is 5.02 Å². The first-order valence-electron chi connectivity index (χ1n) is 4.97. The van der Waals surface area contributed by atoms with Crippen molar-refractivity contribution in [1.29, 1.82) is 5.41 Å². The number of methoxy groups -OCH3 is 1. The molecule has 5 heteroatoms. The Morgan fingerprint density at radius 2 is 2.25 bits per heavy atom. The highest BCUT2D eigenvalue weighted by atomic mass is 35.5. The normalized spacial score (nSPS) is 16.7. The van der Waals surface area contributed by atoms with Crippen LogP contribution in [0.3, 0.4) is 0 Å². The number of hydrogen-bond donors (Lipinski definition) is 3. The van der Waals surface area contributed by atoms with Gasteiger partial charge in [-0.1, -0.05) is 17.7 Å². The quantitative estimate of drug-likeness (QED) is 0.432. The molecule has 86 valence electrons. The zero-order chi connectivity index (χ0) is 11.8. The molecule has 0 amide bonds. The van der Waals surface area contributed by atoms with Crippen molar-refractivity contribution < 1.29 is 9.94 Å². The van der Waals surface area contributed by atoms with Gasteiger partial charge in [0.25, 0.3) is 0 Å². The minimum atomic E-state index is -0.384. The van der Waals surface area contributed by atoms with Gasteiger partial charge >= 0.3 is 0 Å². The summed E-state index contributed by atoms with van der Waals surface area (Å²) in [4.78, 5) is 0. The highest BCUT2D eigenvalue weighted by Crippen LogP contribution is 2.49. The van der Waals surface area contributed by atoms with Crippen molar-refractivity contribution in [3.05, 3.63) is 28.8 Å². The zero-order valence-electron chi connectivity index (χ0n) is 8.88. The fourth-order valence-corrected chi connectivity index (χ4v) is 2.14. The third kappa shape index (κ3) is 1.64. The lowest BCUT2D eigenvalue weighted by atomic mass is 9.95. The van der Waals surface area contributed by atoms with Crippen molar-refractivity contribution in [3.63, 3.8) is 0 Å². The molecule has 0 aliphatic heterocycles. The van der Waals surface area contributed by atoms with Crippen LogP contribution in [0, 0.1) is 5.41 Å². The Kier molecular flexibility index (Phi) is 2.78. The van der Waals surface area contributed by atoms with Gasteiger partial charge in [-0.05, 0) is 30.5 Å². The smallest absolute Gasteiger partial charge is 0.137 e. The molecule has 1 aromatic carbocycles. The van der Waals surface area contributed by atoms with Crippen LogP contribution in [-0.4, -0.2) is 18.2 Å². The fraction of sp³-hybridized carbons (Fsp3) is 0.364. The van der Waals surface area contributed by atoms with E-state index < -0.39 is 0 Å². The van der Waals surface area contributed by atoms with Gasteiger partial charge in [-0.25, -0.2) is 0 Å². The lowest BCUT2D eigenvalue weighted by Crippen LogP contribution is -2.31. The average molecular weight is 241 g/mol. The van der Waals surface area contributed by atoms with Crippen molar-refractivity contribution >= 4 is 17.4 Å². The summed E-state index contributed by atoms with van der Waals surface area (Å²) >= 11 is 6.03. The molecule has 0 bridgehead atoms. The number of ether oxygens (including phenoxy) is 1. The predicted octanol–water partition coefficient (Wildman–Crippen LogP) is 2.34. The maximum atomic E-state index is 8.81. The largest absolute Gasteiger partial charge is 0.495 e. The van der Waals surface area contributed by atoms with Crippen LogP contribution in [0.4, 0.5) is 0 Å². The molecule has 1 saturated carbocycles. The Morgan fingerprint density at radius 1 is 1.56 bits per heavy atom. The highest BCUT2D eigenvalue weighted by Gasteiger charge is 2.48. The summed E-state index contributed by atoms with van der Waals surface area (Å²) < 4.78 is 5.07. The van der Waals surface area contributed by atoms with E-state index in [1.807, 2.05) is 11.5 Å². The van der Waals surface area contributed by atoms with Crippen LogP contribution in [0.15, 0.2) is 18.2 Å². The molecule has 4 nitrogen and oxygen atoms in total. The van der Waals surface area contributed by atoms with Crippen molar-refractivity contribution in [1.82, 2.24) is 5.48 Å².